The number of ether oxygens (including phenoxy) is 4. The molecule has 3 aliphatic rings. The molecule has 1 unspecified atom stereocenters. The largest absolute Gasteiger partial charge is 0.458 e. The van der Waals surface area contributed by atoms with Crippen molar-refractivity contribution in [2.45, 2.75) is 63.9 Å². The Morgan fingerprint density at radius 2 is 1.90 bits per heavy atom. The van der Waals surface area contributed by atoms with E-state index in [0.717, 1.165) is 0 Å². The van der Waals surface area contributed by atoms with E-state index in [1.807, 2.05) is 11.9 Å². The average Bonchev–Trinajstić information content (AvgIpc) is 3.32. The molecule has 3 aliphatic heterocycles. The molecule has 2 saturated heterocycles. The molecule has 166 valence electrons. The molecule has 0 aliphatic carbocycles. The topological polar surface area (TPSA) is 112 Å². The van der Waals surface area contributed by atoms with Crippen LogP contribution >= 0.6 is 0 Å². The van der Waals surface area contributed by atoms with Gasteiger partial charge in [0.05, 0.1) is 6.10 Å². The van der Waals surface area contributed by atoms with Crippen molar-refractivity contribution < 1.29 is 38.1 Å². The average molecular weight is 423 g/mol. The highest BCUT2D eigenvalue weighted by Gasteiger charge is 2.64. The minimum absolute atomic E-state index is 0.0788. The summed E-state index contributed by atoms with van der Waals surface area (Å²) >= 11 is 0. The van der Waals surface area contributed by atoms with Crippen LogP contribution in [-0.2, 0) is 38.1 Å². The number of fused-ring (bicyclic) bond motifs is 2. The monoisotopic (exact) mass is 423 g/mol. The molecule has 0 amide bonds. The number of hydrogen-bond acceptors (Lipinski definition) is 9. The lowest BCUT2D eigenvalue weighted by Gasteiger charge is -2.35. The molecule has 9 nitrogen and oxygen atoms in total. The molecule has 1 spiro atoms. The summed E-state index contributed by atoms with van der Waals surface area (Å²) in [7, 11) is 1.88. The number of carbonyl (C=O) groups is 4. The lowest BCUT2D eigenvalue weighted by atomic mass is 9.81. The Kier molecular flexibility index (Phi) is 6.06. The van der Waals surface area contributed by atoms with Crippen LogP contribution < -0.4 is 0 Å². The van der Waals surface area contributed by atoms with Gasteiger partial charge in [0.2, 0.25) is 11.4 Å². The minimum Gasteiger partial charge on any atom is -0.458 e. The molecule has 9 heteroatoms. The van der Waals surface area contributed by atoms with Crippen molar-refractivity contribution in [2.75, 3.05) is 26.7 Å². The van der Waals surface area contributed by atoms with Crippen LogP contribution in [-0.4, -0.2) is 78.7 Å². The van der Waals surface area contributed by atoms with Gasteiger partial charge in [0, 0.05) is 37.9 Å². The SMILES string of the molecule is CC(=O)O[C@@]1(C)C(=O)OCC2=CCN(C)CC[C@@H](OC(=O)C3(C[C@H]1C)O[C@H]3C)C2=O. The number of carbonyl (C=O) groups excluding carboxylic acids is 4. The summed E-state index contributed by atoms with van der Waals surface area (Å²) in [6.45, 7) is 6.82. The molecular weight excluding hydrogens is 394 g/mol. The highest BCUT2D eigenvalue weighted by Crippen LogP contribution is 2.46. The summed E-state index contributed by atoms with van der Waals surface area (Å²) in [5.41, 5.74) is -2.70. The number of ketones is 1. The van der Waals surface area contributed by atoms with Gasteiger partial charge in [0.1, 0.15) is 6.61 Å². The third kappa shape index (κ3) is 4.13. The Morgan fingerprint density at radius 1 is 1.23 bits per heavy atom. The van der Waals surface area contributed by atoms with Crippen molar-refractivity contribution in [1.29, 1.82) is 0 Å². The van der Waals surface area contributed by atoms with Gasteiger partial charge < -0.3 is 23.8 Å². The second-order valence-electron chi connectivity index (χ2n) is 8.57. The Hall–Kier alpha value is -2.26. The number of esters is 3. The number of rotatable bonds is 1. The van der Waals surface area contributed by atoms with Crippen LogP contribution in [0, 0.1) is 5.92 Å². The van der Waals surface area contributed by atoms with E-state index in [1.165, 1.54) is 13.8 Å². The first-order valence-corrected chi connectivity index (χ1v) is 10.2. The Balaban J connectivity index is 2.01. The Labute approximate surface area is 175 Å². The molecule has 2 bridgehead atoms. The van der Waals surface area contributed by atoms with Gasteiger partial charge >= 0.3 is 17.9 Å². The van der Waals surface area contributed by atoms with Crippen LogP contribution in [0.15, 0.2) is 11.6 Å². The van der Waals surface area contributed by atoms with Crippen molar-refractivity contribution in [3.63, 3.8) is 0 Å². The van der Waals surface area contributed by atoms with E-state index in [0.29, 0.717) is 19.5 Å². The molecule has 0 aromatic carbocycles. The van der Waals surface area contributed by atoms with Crippen molar-refractivity contribution >= 4 is 23.7 Å². The fraction of sp³-hybridized carbons (Fsp3) is 0.714. The quantitative estimate of drug-likeness (QED) is 0.343. The van der Waals surface area contributed by atoms with Gasteiger partial charge in [-0.1, -0.05) is 13.0 Å². The number of hydrogen-bond donors (Lipinski definition) is 0. The van der Waals surface area contributed by atoms with Gasteiger partial charge in [0.25, 0.3) is 0 Å². The second-order valence-corrected chi connectivity index (χ2v) is 8.57. The Morgan fingerprint density at radius 3 is 2.50 bits per heavy atom. The third-order valence-electron chi connectivity index (χ3n) is 6.28. The van der Waals surface area contributed by atoms with Crippen molar-refractivity contribution in [3.8, 4) is 0 Å². The van der Waals surface area contributed by atoms with Crippen LogP contribution in [0.3, 0.4) is 0 Å². The molecule has 0 aromatic rings. The van der Waals surface area contributed by atoms with Gasteiger partial charge in [-0.25, -0.2) is 9.59 Å². The van der Waals surface area contributed by atoms with Crippen molar-refractivity contribution in [3.05, 3.63) is 11.6 Å². The van der Waals surface area contributed by atoms with E-state index in [1.54, 1.807) is 19.9 Å². The molecule has 0 N–H and O–H groups in total. The molecule has 2 fully saturated rings. The summed E-state index contributed by atoms with van der Waals surface area (Å²) in [6, 6.07) is 0. The van der Waals surface area contributed by atoms with Crippen LogP contribution in [0.5, 0.6) is 0 Å². The summed E-state index contributed by atoms with van der Waals surface area (Å²) < 4.78 is 22.0. The number of likely N-dealkylation sites (N-methyl/N-ethyl adjacent to an activating group) is 1. The maximum atomic E-state index is 13.1. The highest BCUT2D eigenvalue weighted by atomic mass is 16.7. The van der Waals surface area contributed by atoms with Gasteiger partial charge in [-0.15, -0.1) is 0 Å². The minimum atomic E-state index is -1.65. The van der Waals surface area contributed by atoms with Crippen LogP contribution in [0.25, 0.3) is 0 Å². The van der Waals surface area contributed by atoms with Gasteiger partial charge in [0.15, 0.2) is 11.7 Å². The lowest BCUT2D eigenvalue weighted by Crippen LogP contribution is -2.50. The number of nitrogens with zero attached hydrogens (tertiary/aromatic N) is 1. The lowest BCUT2D eigenvalue weighted by molar-refractivity contribution is -0.187. The van der Waals surface area contributed by atoms with E-state index in [-0.39, 0.29) is 18.6 Å². The molecular formula is C21H29NO8. The summed E-state index contributed by atoms with van der Waals surface area (Å²) in [5, 5.41) is 0. The van der Waals surface area contributed by atoms with Crippen LogP contribution in [0.1, 0.15) is 40.5 Å². The zero-order valence-electron chi connectivity index (χ0n) is 18.1. The predicted octanol–water partition coefficient (Wildman–Crippen LogP) is 0.792. The van der Waals surface area contributed by atoms with Gasteiger partial charge in [-0.2, -0.15) is 0 Å². The first kappa shape index (κ1) is 22.4. The fourth-order valence-corrected chi connectivity index (χ4v) is 3.98. The number of epoxide rings is 1. The normalized spacial score (nSPS) is 38.2. The van der Waals surface area contributed by atoms with E-state index >= 15 is 0 Å². The zero-order valence-corrected chi connectivity index (χ0v) is 18.1. The Bertz CT molecular complexity index is 792. The standard InChI is InChI=1S/C21H29NO8/c1-12-10-21(13(2)29-21)19(26)28-16-7-9-22(5)8-6-15(17(16)24)11-27-18(25)20(12,4)30-14(3)23/h6,12-13,16H,7-11H2,1-5H3/t12-,13+,16-,20-,21?/m1/s1. The number of cyclic esters (lactones) is 1. The van der Waals surface area contributed by atoms with Crippen LogP contribution in [0.2, 0.25) is 0 Å². The molecule has 0 saturated carbocycles. The summed E-state index contributed by atoms with van der Waals surface area (Å²) in [4.78, 5) is 52.7. The third-order valence-corrected chi connectivity index (χ3v) is 6.28. The first-order chi connectivity index (χ1) is 14.0. The molecule has 3 rings (SSSR count). The summed E-state index contributed by atoms with van der Waals surface area (Å²) in [5.74, 6) is -3.06. The highest BCUT2D eigenvalue weighted by molar-refractivity contribution is 6.01. The molecule has 30 heavy (non-hydrogen) atoms. The van der Waals surface area contributed by atoms with E-state index < -0.39 is 53.0 Å². The maximum Gasteiger partial charge on any atom is 0.350 e. The van der Waals surface area contributed by atoms with E-state index in [2.05, 4.69) is 0 Å². The zero-order chi connectivity index (χ0) is 22.3. The first-order valence-electron chi connectivity index (χ1n) is 10.2. The van der Waals surface area contributed by atoms with E-state index in [9.17, 15) is 19.2 Å². The van der Waals surface area contributed by atoms with Gasteiger partial charge in [-0.3, -0.25) is 9.59 Å². The van der Waals surface area contributed by atoms with Gasteiger partial charge in [-0.05, 0) is 27.3 Å². The second kappa shape index (κ2) is 8.11. The summed E-state index contributed by atoms with van der Waals surface area (Å²) in [6.07, 6.45) is 0.648. The molecule has 5 atom stereocenters. The molecule has 0 radical (unpaired) electrons. The van der Waals surface area contributed by atoms with Crippen molar-refractivity contribution in [2.24, 2.45) is 5.92 Å². The molecule has 3 heterocycles. The molecule has 0 aromatic heterocycles. The maximum absolute atomic E-state index is 13.1. The van der Waals surface area contributed by atoms with Crippen LogP contribution in [0.4, 0.5) is 0 Å². The smallest absolute Gasteiger partial charge is 0.350 e. The number of Topliss-reactive ketones (excluding diaryl/α,β-unsaturated/α-hetero) is 1. The van der Waals surface area contributed by atoms with Crippen molar-refractivity contribution in [1.82, 2.24) is 4.90 Å². The van der Waals surface area contributed by atoms with E-state index in [4.69, 9.17) is 18.9 Å². The fourth-order valence-electron chi connectivity index (χ4n) is 3.98. The predicted molar refractivity (Wildman–Crippen MR) is 103 cm³/mol.